The van der Waals surface area contributed by atoms with E-state index in [2.05, 4.69) is 15.1 Å². The maximum Gasteiger partial charge on any atom is 0.247 e. The Morgan fingerprint density at radius 3 is 2.50 bits per heavy atom. The van der Waals surface area contributed by atoms with Crippen molar-refractivity contribution < 1.29 is 4.42 Å². The summed E-state index contributed by atoms with van der Waals surface area (Å²) in [6, 6.07) is 15.2. The van der Waals surface area contributed by atoms with Crippen molar-refractivity contribution in [2.24, 2.45) is 0 Å². The highest BCUT2D eigenvalue weighted by atomic mass is 35.5. The molecule has 0 aliphatic heterocycles. The summed E-state index contributed by atoms with van der Waals surface area (Å²) < 4.78 is 5.82. The normalized spacial score (nSPS) is 12.5. The second-order valence-electron chi connectivity index (χ2n) is 5.67. The summed E-state index contributed by atoms with van der Waals surface area (Å²) in [6.07, 6.45) is 0. The highest BCUT2D eigenvalue weighted by Gasteiger charge is 2.19. The number of nitrogens with zero attached hydrogens (tertiary/aromatic N) is 3. The second kappa shape index (κ2) is 7.34. The molecule has 0 bridgehead atoms. The lowest BCUT2D eigenvalue weighted by Crippen LogP contribution is -2.22. The lowest BCUT2D eigenvalue weighted by atomic mass is 10.2. The van der Waals surface area contributed by atoms with Crippen molar-refractivity contribution in [3.63, 3.8) is 0 Å². The van der Waals surface area contributed by atoms with Crippen LogP contribution in [0.25, 0.3) is 11.5 Å². The largest absolute Gasteiger partial charge is 0.419 e. The lowest BCUT2D eigenvalue weighted by Gasteiger charge is -2.21. The molecule has 2 aromatic carbocycles. The van der Waals surface area contributed by atoms with Gasteiger partial charge in [-0.2, -0.15) is 0 Å². The van der Waals surface area contributed by atoms with Crippen molar-refractivity contribution in [3.8, 4) is 11.5 Å². The molecular weight excluding hydrogens is 345 g/mol. The van der Waals surface area contributed by atoms with Gasteiger partial charge in [-0.1, -0.05) is 41.4 Å². The van der Waals surface area contributed by atoms with E-state index < -0.39 is 0 Å². The van der Waals surface area contributed by atoms with Crippen molar-refractivity contribution in [1.29, 1.82) is 0 Å². The van der Waals surface area contributed by atoms with Gasteiger partial charge in [0.15, 0.2) is 0 Å². The van der Waals surface area contributed by atoms with Crippen LogP contribution in [0.4, 0.5) is 0 Å². The molecule has 4 nitrogen and oxygen atoms in total. The van der Waals surface area contributed by atoms with Gasteiger partial charge in [-0.15, -0.1) is 10.2 Å². The van der Waals surface area contributed by atoms with Crippen molar-refractivity contribution in [2.75, 3.05) is 7.05 Å². The maximum atomic E-state index is 6.01. The number of rotatable bonds is 5. The maximum absolute atomic E-state index is 6.01. The first kappa shape index (κ1) is 17.0. The van der Waals surface area contributed by atoms with Gasteiger partial charge in [0.2, 0.25) is 11.8 Å². The Hall–Kier alpha value is -1.88. The third-order valence-electron chi connectivity index (χ3n) is 3.88. The SMILES string of the molecule is CC(c1nnc(-c2cccc(Cl)c2)o1)N(C)Cc1ccc(Cl)cc1. The van der Waals surface area contributed by atoms with Gasteiger partial charge >= 0.3 is 0 Å². The van der Waals surface area contributed by atoms with E-state index in [1.54, 1.807) is 6.07 Å². The fraction of sp³-hybridized carbons (Fsp3) is 0.222. The second-order valence-corrected chi connectivity index (χ2v) is 6.55. The third kappa shape index (κ3) is 3.96. The van der Waals surface area contributed by atoms with Crippen LogP contribution in [0.5, 0.6) is 0 Å². The molecule has 24 heavy (non-hydrogen) atoms. The summed E-state index contributed by atoms with van der Waals surface area (Å²) in [5, 5.41) is 9.68. The Kier molecular flexibility index (Phi) is 5.19. The Labute approximate surface area is 151 Å². The van der Waals surface area contributed by atoms with Gasteiger partial charge in [-0.3, -0.25) is 4.90 Å². The zero-order chi connectivity index (χ0) is 17.1. The molecule has 0 spiro atoms. The fourth-order valence-corrected chi connectivity index (χ4v) is 2.66. The van der Waals surface area contributed by atoms with E-state index in [4.69, 9.17) is 27.6 Å². The first-order valence-corrected chi connectivity index (χ1v) is 8.32. The number of halogens is 2. The van der Waals surface area contributed by atoms with Crippen LogP contribution in [-0.4, -0.2) is 22.1 Å². The molecule has 1 heterocycles. The fourth-order valence-electron chi connectivity index (χ4n) is 2.34. The van der Waals surface area contributed by atoms with Crippen LogP contribution in [-0.2, 0) is 6.54 Å². The first-order chi connectivity index (χ1) is 11.5. The quantitative estimate of drug-likeness (QED) is 0.623. The molecule has 124 valence electrons. The van der Waals surface area contributed by atoms with Crippen LogP contribution in [0.2, 0.25) is 10.0 Å². The lowest BCUT2D eigenvalue weighted by molar-refractivity contribution is 0.218. The average Bonchev–Trinajstić information content (AvgIpc) is 3.06. The third-order valence-corrected chi connectivity index (χ3v) is 4.36. The van der Waals surface area contributed by atoms with Gasteiger partial charge in [0.1, 0.15) is 0 Å². The molecule has 3 aromatic rings. The predicted octanol–water partition coefficient (Wildman–Crippen LogP) is 5.24. The van der Waals surface area contributed by atoms with Gasteiger partial charge in [-0.05, 0) is 49.9 Å². The van der Waals surface area contributed by atoms with Crippen molar-refractivity contribution in [2.45, 2.75) is 19.5 Å². The highest BCUT2D eigenvalue weighted by molar-refractivity contribution is 6.31. The molecule has 0 aliphatic carbocycles. The van der Waals surface area contributed by atoms with Crippen LogP contribution in [0.15, 0.2) is 52.9 Å². The highest BCUT2D eigenvalue weighted by Crippen LogP contribution is 2.26. The summed E-state index contributed by atoms with van der Waals surface area (Å²) in [7, 11) is 2.02. The average molecular weight is 362 g/mol. The number of benzene rings is 2. The Morgan fingerprint density at radius 2 is 1.79 bits per heavy atom. The zero-order valence-electron chi connectivity index (χ0n) is 13.4. The topological polar surface area (TPSA) is 42.2 Å². The predicted molar refractivity (Wildman–Crippen MR) is 96.1 cm³/mol. The Balaban J connectivity index is 1.73. The van der Waals surface area contributed by atoms with Gasteiger partial charge < -0.3 is 4.42 Å². The molecular formula is C18H17Cl2N3O. The van der Waals surface area contributed by atoms with Crippen LogP contribution < -0.4 is 0 Å². The molecule has 0 saturated heterocycles. The van der Waals surface area contributed by atoms with E-state index in [9.17, 15) is 0 Å². The smallest absolute Gasteiger partial charge is 0.247 e. The van der Waals surface area contributed by atoms with E-state index >= 15 is 0 Å². The molecule has 1 aromatic heterocycles. The molecule has 0 fully saturated rings. The molecule has 3 rings (SSSR count). The van der Waals surface area contributed by atoms with Gasteiger partial charge in [0, 0.05) is 22.2 Å². The molecule has 1 unspecified atom stereocenters. The van der Waals surface area contributed by atoms with Gasteiger partial charge in [-0.25, -0.2) is 0 Å². The van der Waals surface area contributed by atoms with Crippen molar-refractivity contribution in [3.05, 3.63) is 70.0 Å². The Bertz CT molecular complexity index is 817. The van der Waals surface area contributed by atoms with E-state index in [0.29, 0.717) is 16.8 Å². The van der Waals surface area contributed by atoms with Crippen LogP contribution in [0.1, 0.15) is 24.4 Å². The van der Waals surface area contributed by atoms with Crippen LogP contribution in [0.3, 0.4) is 0 Å². The molecule has 0 saturated carbocycles. The van der Waals surface area contributed by atoms with E-state index in [0.717, 1.165) is 17.1 Å². The summed E-state index contributed by atoms with van der Waals surface area (Å²) in [5.41, 5.74) is 1.98. The van der Waals surface area contributed by atoms with E-state index in [1.165, 1.54) is 5.56 Å². The van der Waals surface area contributed by atoms with Crippen molar-refractivity contribution in [1.82, 2.24) is 15.1 Å². The van der Waals surface area contributed by atoms with Crippen LogP contribution >= 0.6 is 23.2 Å². The Morgan fingerprint density at radius 1 is 1.04 bits per heavy atom. The summed E-state index contributed by atoms with van der Waals surface area (Å²) >= 11 is 11.9. The minimum Gasteiger partial charge on any atom is -0.419 e. The molecule has 6 heteroatoms. The van der Waals surface area contributed by atoms with E-state index in [1.807, 2.05) is 56.4 Å². The molecule has 0 aliphatic rings. The zero-order valence-corrected chi connectivity index (χ0v) is 14.9. The summed E-state index contributed by atoms with van der Waals surface area (Å²) in [4.78, 5) is 2.14. The van der Waals surface area contributed by atoms with Crippen LogP contribution in [0, 0.1) is 0 Å². The van der Waals surface area contributed by atoms with E-state index in [-0.39, 0.29) is 6.04 Å². The molecule has 0 N–H and O–H groups in total. The summed E-state index contributed by atoms with van der Waals surface area (Å²) in [5.74, 6) is 1.04. The number of hydrogen-bond acceptors (Lipinski definition) is 4. The number of hydrogen-bond donors (Lipinski definition) is 0. The minimum atomic E-state index is -0.0129. The molecule has 0 radical (unpaired) electrons. The first-order valence-electron chi connectivity index (χ1n) is 7.57. The monoisotopic (exact) mass is 361 g/mol. The summed E-state index contributed by atoms with van der Waals surface area (Å²) in [6.45, 7) is 2.79. The van der Waals surface area contributed by atoms with Gasteiger partial charge in [0.05, 0.1) is 6.04 Å². The minimum absolute atomic E-state index is 0.0129. The standard InChI is InChI=1S/C18H17Cl2N3O/c1-12(23(2)11-13-6-8-15(19)9-7-13)17-21-22-18(24-17)14-4-3-5-16(20)10-14/h3-10,12H,11H2,1-2H3. The molecule has 1 atom stereocenters. The molecule has 0 amide bonds. The number of aromatic nitrogens is 2. The van der Waals surface area contributed by atoms with Gasteiger partial charge in [0.25, 0.3) is 0 Å². The van der Waals surface area contributed by atoms with Crippen molar-refractivity contribution >= 4 is 23.2 Å².